The van der Waals surface area contributed by atoms with Crippen LogP contribution in [0.25, 0.3) is 5.57 Å². The van der Waals surface area contributed by atoms with Gasteiger partial charge in [-0.1, -0.05) is 13.0 Å². The van der Waals surface area contributed by atoms with Crippen molar-refractivity contribution < 1.29 is 0 Å². The lowest BCUT2D eigenvalue weighted by atomic mass is 9.89. The van der Waals surface area contributed by atoms with Crippen molar-refractivity contribution in [3.63, 3.8) is 0 Å². The van der Waals surface area contributed by atoms with Gasteiger partial charge in [0.05, 0.1) is 0 Å². The second-order valence-corrected chi connectivity index (χ2v) is 4.92. The van der Waals surface area contributed by atoms with Crippen molar-refractivity contribution in [3.8, 4) is 0 Å². The normalized spacial score (nSPS) is 19.4. The largest absolute Gasteiger partial charge is 0.393 e. The van der Waals surface area contributed by atoms with Crippen LogP contribution in [0.4, 0.5) is 5.69 Å². The summed E-state index contributed by atoms with van der Waals surface area (Å²) in [5, 5.41) is 10.5. The summed E-state index contributed by atoms with van der Waals surface area (Å²) in [6, 6.07) is 6.50. The highest BCUT2D eigenvalue weighted by atomic mass is 15.1. The third-order valence-corrected chi connectivity index (χ3v) is 3.66. The number of rotatable bonds is 3. The molecule has 1 heterocycles. The van der Waals surface area contributed by atoms with Crippen molar-refractivity contribution in [2.75, 3.05) is 25.5 Å². The molecule has 1 aromatic carbocycles. The number of nitrogens with one attached hydrogen (secondary N) is 2. The molecule has 3 nitrogen and oxygen atoms in total. The Morgan fingerprint density at radius 1 is 1.50 bits per heavy atom. The topological polar surface area (TPSA) is 39.1 Å². The van der Waals surface area contributed by atoms with E-state index >= 15 is 0 Å². The predicted molar refractivity (Wildman–Crippen MR) is 78.6 cm³/mol. The number of nitrogens with zero attached hydrogens (tertiary/aromatic N) is 1. The summed E-state index contributed by atoms with van der Waals surface area (Å²) in [5.41, 5.74) is 4.75. The van der Waals surface area contributed by atoms with Gasteiger partial charge >= 0.3 is 0 Å². The van der Waals surface area contributed by atoms with E-state index in [1.165, 1.54) is 23.9 Å². The Hall–Kier alpha value is -1.77. The molecule has 1 aliphatic rings. The van der Waals surface area contributed by atoms with Gasteiger partial charge in [-0.25, -0.2) is 0 Å². The zero-order chi connectivity index (χ0) is 13.1. The predicted octanol–water partition coefficient (Wildman–Crippen LogP) is 2.84. The highest BCUT2D eigenvalue weighted by Crippen LogP contribution is 2.35. The Labute approximate surface area is 109 Å². The Balaban J connectivity index is 2.45. The molecule has 0 bridgehead atoms. The zero-order valence-corrected chi connectivity index (χ0v) is 11.3. The Bertz CT molecular complexity index is 477. The SMILES string of the molecule is CN/C=C(\C=N)c1ccc2c(c1)[C@H](C)CCN2C. The molecule has 0 fully saturated rings. The van der Waals surface area contributed by atoms with Gasteiger partial charge in [-0.3, -0.25) is 0 Å². The lowest BCUT2D eigenvalue weighted by Gasteiger charge is -2.32. The zero-order valence-electron chi connectivity index (χ0n) is 11.3. The van der Waals surface area contributed by atoms with E-state index in [0.717, 1.165) is 17.7 Å². The van der Waals surface area contributed by atoms with Gasteiger partial charge in [0.1, 0.15) is 0 Å². The molecular formula is C15H21N3. The lowest BCUT2D eigenvalue weighted by molar-refractivity contribution is 0.637. The highest BCUT2D eigenvalue weighted by molar-refractivity contribution is 6.08. The van der Waals surface area contributed by atoms with Crippen LogP contribution in [0.2, 0.25) is 0 Å². The van der Waals surface area contributed by atoms with Crippen molar-refractivity contribution in [1.29, 1.82) is 5.41 Å². The molecule has 96 valence electrons. The molecule has 0 saturated carbocycles. The van der Waals surface area contributed by atoms with Gasteiger partial charge in [-0.05, 0) is 35.6 Å². The van der Waals surface area contributed by atoms with Crippen LogP contribution in [-0.2, 0) is 0 Å². The molecule has 0 aliphatic carbocycles. The first kappa shape index (κ1) is 12.7. The van der Waals surface area contributed by atoms with E-state index in [1.807, 2.05) is 13.2 Å². The molecule has 1 aromatic rings. The summed E-state index contributed by atoms with van der Waals surface area (Å²) in [4.78, 5) is 2.31. The summed E-state index contributed by atoms with van der Waals surface area (Å²) in [7, 11) is 4.00. The molecule has 1 aliphatic heterocycles. The minimum atomic E-state index is 0.595. The van der Waals surface area contributed by atoms with E-state index in [-0.39, 0.29) is 0 Å². The Morgan fingerprint density at radius 2 is 2.28 bits per heavy atom. The smallest absolute Gasteiger partial charge is 0.0399 e. The van der Waals surface area contributed by atoms with Crippen LogP contribution < -0.4 is 10.2 Å². The number of hydrogen-bond acceptors (Lipinski definition) is 3. The average Bonchev–Trinajstić information content (AvgIpc) is 2.40. The van der Waals surface area contributed by atoms with Crippen molar-refractivity contribution in [2.45, 2.75) is 19.3 Å². The molecule has 0 aromatic heterocycles. The molecule has 2 N–H and O–H groups in total. The fourth-order valence-corrected chi connectivity index (χ4v) is 2.50. The van der Waals surface area contributed by atoms with Crippen LogP contribution in [-0.4, -0.2) is 26.9 Å². The maximum atomic E-state index is 7.49. The maximum absolute atomic E-state index is 7.49. The fraction of sp³-hybridized carbons (Fsp3) is 0.400. The molecule has 18 heavy (non-hydrogen) atoms. The molecule has 0 unspecified atom stereocenters. The number of benzene rings is 1. The van der Waals surface area contributed by atoms with Crippen LogP contribution in [0.5, 0.6) is 0 Å². The molecule has 0 saturated heterocycles. The Morgan fingerprint density at radius 3 is 2.94 bits per heavy atom. The standard InChI is InChI=1S/C15H21N3/c1-11-6-7-18(3)15-5-4-12(8-14(11)15)13(9-16)10-17-2/h4-5,8-11,16-17H,6-7H2,1-3H3/b13-10+,16-9?/t11-/m1/s1. The van der Waals surface area contributed by atoms with E-state index in [4.69, 9.17) is 5.41 Å². The quantitative estimate of drug-likeness (QED) is 0.801. The van der Waals surface area contributed by atoms with Crippen LogP contribution in [0.15, 0.2) is 24.4 Å². The van der Waals surface area contributed by atoms with E-state index in [1.54, 1.807) is 0 Å². The molecule has 0 spiro atoms. The molecular weight excluding hydrogens is 222 g/mol. The van der Waals surface area contributed by atoms with Crippen molar-refractivity contribution in [1.82, 2.24) is 5.32 Å². The van der Waals surface area contributed by atoms with Gasteiger partial charge in [0, 0.05) is 44.3 Å². The molecule has 2 rings (SSSR count). The number of allylic oxidation sites excluding steroid dienone is 1. The van der Waals surface area contributed by atoms with Crippen LogP contribution in [0.1, 0.15) is 30.4 Å². The third kappa shape index (κ3) is 2.26. The third-order valence-electron chi connectivity index (χ3n) is 3.66. The fourth-order valence-electron chi connectivity index (χ4n) is 2.50. The summed E-state index contributed by atoms with van der Waals surface area (Å²) < 4.78 is 0. The first-order chi connectivity index (χ1) is 8.67. The molecule has 3 heteroatoms. The van der Waals surface area contributed by atoms with Gasteiger partial charge in [0.25, 0.3) is 0 Å². The minimum absolute atomic E-state index is 0.595. The van der Waals surface area contributed by atoms with Crippen LogP contribution in [0, 0.1) is 5.41 Å². The Kier molecular flexibility index (Phi) is 3.70. The number of anilines is 1. The molecule has 0 amide bonds. The maximum Gasteiger partial charge on any atom is 0.0399 e. The molecule has 0 radical (unpaired) electrons. The summed E-state index contributed by atoms with van der Waals surface area (Å²) >= 11 is 0. The monoisotopic (exact) mass is 243 g/mol. The van der Waals surface area contributed by atoms with Gasteiger partial charge < -0.3 is 15.6 Å². The van der Waals surface area contributed by atoms with E-state index in [2.05, 4.69) is 42.4 Å². The van der Waals surface area contributed by atoms with Crippen LogP contribution >= 0.6 is 0 Å². The van der Waals surface area contributed by atoms with Crippen molar-refractivity contribution in [2.24, 2.45) is 0 Å². The molecule has 1 atom stereocenters. The summed E-state index contributed by atoms with van der Waals surface area (Å²) in [5.74, 6) is 0.595. The average molecular weight is 243 g/mol. The van der Waals surface area contributed by atoms with Crippen molar-refractivity contribution >= 4 is 17.5 Å². The first-order valence-electron chi connectivity index (χ1n) is 6.40. The van der Waals surface area contributed by atoms with E-state index in [0.29, 0.717) is 5.92 Å². The second kappa shape index (κ2) is 5.25. The van der Waals surface area contributed by atoms with Gasteiger partial charge in [0.15, 0.2) is 0 Å². The van der Waals surface area contributed by atoms with E-state index in [9.17, 15) is 0 Å². The highest BCUT2D eigenvalue weighted by Gasteiger charge is 2.20. The van der Waals surface area contributed by atoms with Crippen molar-refractivity contribution in [3.05, 3.63) is 35.5 Å². The van der Waals surface area contributed by atoms with Gasteiger partial charge in [0.2, 0.25) is 0 Å². The number of fused-ring (bicyclic) bond motifs is 1. The van der Waals surface area contributed by atoms with Gasteiger partial charge in [-0.15, -0.1) is 0 Å². The lowest BCUT2D eigenvalue weighted by Crippen LogP contribution is -2.26. The van der Waals surface area contributed by atoms with Gasteiger partial charge in [-0.2, -0.15) is 0 Å². The number of hydrogen-bond donors (Lipinski definition) is 2. The van der Waals surface area contributed by atoms with E-state index < -0.39 is 0 Å². The second-order valence-electron chi connectivity index (χ2n) is 4.92. The first-order valence-corrected chi connectivity index (χ1v) is 6.40. The minimum Gasteiger partial charge on any atom is -0.393 e. The summed E-state index contributed by atoms with van der Waals surface area (Å²) in [6.07, 6.45) is 4.46. The summed E-state index contributed by atoms with van der Waals surface area (Å²) in [6.45, 7) is 3.40. The van der Waals surface area contributed by atoms with Crippen LogP contribution in [0.3, 0.4) is 0 Å².